The van der Waals surface area contributed by atoms with Crippen LogP contribution in [0, 0.1) is 6.92 Å². The van der Waals surface area contributed by atoms with Gasteiger partial charge in [0.1, 0.15) is 5.75 Å². The van der Waals surface area contributed by atoms with E-state index in [1.165, 1.54) is 5.56 Å². The van der Waals surface area contributed by atoms with Crippen molar-refractivity contribution in [2.75, 3.05) is 7.11 Å². The third-order valence-corrected chi connectivity index (χ3v) is 4.06. The number of ether oxygens (including phenoxy) is 1. The lowest BCUT2D eigenvalue weighted by atomic mass is 9.98. The second-order valence-corrected chi connectivity index (χ2v) is 6.11. The largest absolute Gasteiger partial charge is 0.496 e. The molecule has 0 aliphatic carbocycles. The van der Waals surface area contributed by atoms with E-state index >= 15 is 0 Å². The first kappa shape index (κ1) is 15.4. The molecule has 1 atom stereocenters. The smallest absolute Gasteiger partial charge is 0.122 e. The molecule has 0 spiro atoms. The van der Waals surface area contributed by atoms with Gasteiger partial charge in [-0.15, -0.1) is 0 Å². The number of benzene rings is 2. The minimum absolute atomic E-state index is 0.161. The van der Waals surface area contributed by atoms with E-state index in [4.69, 9.17) is 22.1 Å². The maximum atomic E-state index is 6.30. The molecule has 0 radical (unpaired) electrons. The zero-order chi connectivity index (χ0) is 14.7. The molecule has 20 heavy (non-hydrogen) atoms. The fourth-order valence-electron chi connectivity index (χ4n) is 2.22. The molecule has 0 amide bonds. The first-order valence-corrected chi connectivity index (χ1v) is 7.52. The molecule has 0 bridgehead atoms. The van der Waals surface area contributed by atoms with Crippen molar-refractivity contribution in [1.29, 1.82) is 0 Å². The van der Waals surface area contributed by atoms with Crippen LogP contribution in [-0.2, 0) is 6.42 Å². The molecular formula is C16H17BrClNO. The molecule has 0 heterocycles. The third-order valence-electron chi connectivity index (χ3n) is 3.24. The molecule has 0 saturated heterocycles. The van der Waals surface area contributed by atoms with Gasteiger partial charge in [-0.1, -0.05) is 51.3 Å². The van der Waals surface area contributed by atoms with Crippen LogP contribution in [0.1, 0.15) is 22.7 Å². The van der Waals surface area contributed by atoms with Crippen molar-refractivity contribution in [2.24, 2.45) is 5.73 Å². The summed E-state index contributed by atoms with van der Waals surface area (Å²) in [4.78, 5) is 0. The van der Waals surface area contributed by atoms with Crippen molar-refractivity contribution in [3.8, 4) is 5.75 Å². The summed E-state index contributed by atoms with van der Waals surface area (Å²) in [7, 11) is 1.67. The summed E-state index contributed by atoms with van der Waals surface area (Å²) in [5.41, 5.74) is 9.53. The predicted molar refractivity (Wildman–Crippen MR) is 87.5 cm³/mol. The lowest BCUT2D eigenvalue weighted by molar-refractivity contribution is 0.408. The highest BCUT2D eigenvalue weighted by atomic mass is 79.9. The van der Waals surface area contributed by atoms with Gasteiger partial charge in [0.05, 0.1) is 7.11 Å². The zero-order valence-corrected chi connectivity index (χ0v) is 13.8. The lowest BCUT2D eigenvalue weighted by Crippen LogP contribution is -2.14. The van der Waals surface area contributed by atoms with Crippen LogP contribution in [0.15, 0.2) is 40.9 Å². The number of aryl methyl sites for hydroxylation is 1. The van der Waals surface area contributed by atoms with Crippen LogP contribution >= 0.6 is 27.5 Å². The Balaban J connectivity index is 2.27. The Labute approximate surface area is 133 Å². The van der Waals surface area contributed by atoms with E-state index in [1.54, 1.807) is 7.11 Å². The first-order chi connectivity index (χ1) is 9.51. The van der Waals surface area contributed by atoms with Crippen molar-refractivity contribution < 1.29 is 4.74 Å². The molecular weight excluding hydrogens is 338 g/mol. The van der Waals surface area contributed by atoms with E-state index in [-0.39, 0.29) is 6.04 Å². The summed E-state index contributed by atoms with van der Waals surface area (Å²) >= 11 is 9.65. The van der Waals surface area contributed by atoms with Crippen molar-refractivity contribution in [3.63, 3.8) is 0 Å². The highest BCUT2D eigenvalue weighted by Gasteiger charge is 2.14. The van der Waals surface area contributed by atoms with Gasteiger partial charge in [-0.05, 0) is 42.7 Å². The van der Waals surface area contributed by atoms with Gasteiger partial charge in [0.15, 0.2) is 0 Å². The van der Waals surface area contributed by atoms with Crippen LogP contribution in [-0.4, -0.2) is 7.11 Å². The van der Waals surface area contributed by atoms with E-state index in [2.05, 4.69) is 28.9 Å². The second-order valence-electron chi connectivity index (χ2n) is 4.79. The van der Waals surface area contributed by atoms with Crippen molar-refractivity contribution >= 4 is 27.5 Å². The number of methoxy groups -OCH3 is 1. The molecule has 2 N–H and O–H groups in total. The van der Waals surface area contributed by atoms with Gasteiger partial charge in [0.25, 0.3) is 0 Å². The maximum absolute atomic E-state index is 6.30. The average molecular weight is 355 g/mol. The quantitative estimate of drug-likeness (QED) is 0.866. The van der Waals surface area contributed by atoms with Gasteiger partial charge < -0.3 is 10.5 Å². The summed E-state index contributed by atoms with van der Waals surface area (Å²) in [6, 6.07) is 11.7. The molecule has 106 valence electrons. The number of halogens is 2. The van der Waals surface area contributed by atoms with Crippen molar-refractivity contribution in [1.82, 2.24) is 0 Å². The molecule has 4 heteroatoms. The van der Waals surface area contributed by atoms with Crippen LogP contribution in [0.5, 0.6) is 5.75 Å². The SMILES string of the molecule is COc1ccc(C)cc1CC(N)c1ccc(Br)cc1Cl. The van der Waals surface area contributed by atoms with Gasteiger partial charge >= 0.3 is 0 Å². The molecule has 1 unspecified atom stereocenters. The third kappa shape index (κ3) is 3.54. The Kier molecular flexibility index (Phi) is 5.08. The molecule has 0 aromatic heterocycles. The van der Waals surface area contributed by atoms with Crippen molar-refractivity contribution in [2.45, 2.75) is 19.4 Å². The predicted octanol–water partition coefficient (Wildman–Crippen LogP) is 4.66. The Morgan fingerprint density at radius 3 is 2.65 bits per heavy atom. The van der Waals surface area contributed by atoms with Gasteiger partial charge in [-0.3, -0.25) is 0 Å². The maximum Gasteiger partial charge on any atom is 0.122 e. The van der Waals surface area contributed by atoms with Gasteiger partial charge in [-0.25, -0.2) is 0 Å². The Hall–Kier alpha value is -1.03. The summed E-state index contributed by atoms with van der Waals surface area (Å²) < 4.78 is 6.34. The first-order valence-electron chi connectivity index (χ1n) is 6.35. The average Bonchev–Trinajstić information content (AvgIpc) is 2.38. The minimum atomic E-state index is -0.161. The fourth-order valence-corrected chi connectivity index (χ4v) is 3.03. The number of rotatable bonds is 4. The van der Waals surface area contributed by atoms with Gasteiger partial charge in [0.2, 0.25) is 0 Å². The molecule has 2 aromatic rings. The number of nitrogens with two attached hydrogens (primary N) is 1. The molecule has 2 aromatic carbocycles. The van der Waals surface area contributed by atoms with E-state index in [1.807, 2.05) is 30.3 Å². The molecule has 0 aliphatic rings. The van der Waals surface area contributed by atoms with Gasteiger partial charge in [0, 0.05) is 15.5 Å². The Morgan fingerprint density at radius 2 is 2.00 bits per heavy atom. The number of hydrogen-bond donors (Lipinski definition) is 1. The Morgan fingerprint density at radius 1 is 1.25 bits per heavy atom. The van der Waals surface area contributed by atoms with E-state index in [0.29, 0.717) is 11.4 Å². The summed E-state index contributed by atoms with van der Waals surface area (Å²) in [6.07, 6.45) is 0.687. The van der Waals surface area contributed by atoms with E-state index in [0.717, 1.165) is 21.3 Å². The standard InChI is InChI=1S/C16H17BrClNO/c1-10-3-6-16(20-2)11(7-10)8-15(19)13-5-4-12(17)9-14(13)18/h3-7,9,15H,8,19H2,1-2H3. The van der Waals surface area contributed by atoms with E-state index < -0.39 is 0 Å². The topological polar surface area (TPSA) is 35.2 Å². The molecule has 0 saturated carbocycles. The highest BCUT2D eigenvalue weighted by molar-refractivity contribution is 9.10. The molecule has 0 fully saturated rings. The normalized spacial score (nSPS) is 12.2. The monoisotopic (exact) mass is 353 g/mol. The molecule has 0 aliphatic heterocycles. The molecule has 2 nitrogen and oxygen atoms in total. The lowest BCUT2D eigenvalue weighted by Gasteiger charge is -2.16. The molecule has 2 rings (SSSR count). The highest BCUT2D eigenvalue weighted by Crippen LogP contribution is 2.30. The van der Waals surface area contributed by atoms with Crippen LogP contribution in [0.3, 0.4) is 0 Å². The van der Waals surface area contributed by atoms with Gasteiger partial charge in [-0.2, -0.15) is 0 Å². The van der Waals surface area contributed by atoms with Crippen molar-refractivity contribution in [3.05, 3.63) is 62.6 Å². The summed E-state index contributed by atoms with van der Waals surface area (Å²) in [5, 5.41) is 0.679. The van der Waals surface area contributed by atoms with E-state index in [9.17, 15) is 0 Å². The summed E-state index contributed by atoms with van der Waals surface area (Å²) in [5.74, 6) is 0.860. The van der Waals surface area contributed by atoms with Crippen LogP contribution < -0.4 is 10.5 Å². The van der Waals surface area contributed by atoms with Crippen LogP contribution in [0.2, 0.25) is 5.02 Å². The van der Waals surface area contributed by atoms with Crippen LogP contribution in [0.25, 0.3) is 0 Å². The fraction of sp³-hybridized carbons (Fsp3) is 0.250. The van der Waals surface area contributed by atoms with Crippen LogP contribution in [0.4, 0.5) is 0 Å². The summed E-state index contributed by atoms with van der Waals surface area (Å²) in [6.45, 7) is 2.06. The zero-order valence-electron chi connectivity index (χ0n) is 11.5. The minimum Gasteiger partial charge on any atom is -0.496 e. The Bertz CT molecular complexity index is 615. The number of hydrogen-bond acceptors (Lipinski definition) is 2. The second kappa shape index (κ2) is 6.61.